The lowest BCUT2D eigenvalue weighted by atomic mass is 10.2. The van der Waals surface area contributed by atoms with E-state index in [0.717, 1.165) is 5.56 Å². The van der Waals surface area contributed by atoms with E-state index in [4.69, 9.17) is 16.4 Å². The number of alkyl halides is 3. The van der Waals surface area contributed by atoms with Crippen LogP contribution in [-0.2, 0) is 12.8 Å². The van der Waals surface area contributed by atoms with Crippen LogP contribution in [0.5, 0.6) is 0 Å². The Morgan fingerprint density at radius 1 is 1.18 bits per heavy atom. The number of aromatic nitrogens is 3. The summed E-state index contributed by atoms with van der Waals surface area (Å²) < 4.78 is 39.9. The van der Waals surface area contributed by atoms with Gasteiger partial charge in [0.25, 0.3) is 5.82 Å². The molecule has 0 spiro atoms. The van der Waals surface area contributed by atoms with E-state index in [1.54, 1.807) is 30.3 Å². The monoisotopic (exact) mass is 327 g/mol. The Balaban J connectivity index is 2.03. The fourth-order valence-corrected chi connectivity index (χ4v) is 2.09. The molecule has 0 bridgehead atoms. The Hall–Kier alpha value is -2.28. The van der Waals surface area contributed by atoms with E-state index in [1.807, 2.05) is 0 Å². The average molecular weight is 328 g/mol. The van der Waals surface area contributed by atoms with Crippen LogP contribution in [0, 0.1) is 0 Å². The lowest BCUT2D eigenvalue weighted by Gasteiger charge is -2.12. The van der Waals surface area contributed by atoms with Crippen LogP contribution in [0.25, 0.3) is 11.2 Å². The summed E-state index contributed by atoms with van der Waals surface area (Å²) in [5.74, 6) is -1.17. The molecule has 0 radical (unpaired) electrons. The maximum absolute atomic E-state index is 13.1. The highest BCUT2D eigenvalue weighted by Gasteiger charge is 2.39. The maximum Gasteiger partial charge on any atom is 0.453 e. The Morgan fingerprint density at radius 2 is 1.91 bits per heavy atom. The quantitative estimate of drug-likeness (QED) is 0.736. The third-order valence-corrected chi connectivity index (χ3v) is 3.10. The average Bonchev–Trinajstić information content (AvgIpc) is 2.84. The molecular weight excluding hydrogens is 319 g/mol. The van der Waals surface area contributed by atoms with Crippen LogP contribution in [0.1, 0.15) is 11.4 Å². The van der Waals surface area contributed by atoms with Gasteiger partial charge in [-0.2, -0.15) is 17.9 Å². The molecule has 1 aromatic carbocycles. The smallest absolute Gasteiger partial charge is 0.407 e. The normalized spacial score (nSPS) is 11.8. The molecule has 0 fully saturated rings. The predicted octanol–water partition coefficient (Wildman–Crippen LogP) is 3.73. The molecule has 0 aliphatic carbocycles. The standard InChI is InChI=1S/C14H9ClF3N3O/c15-10-6-11-12(19-7-10)20-13(14(16,17)18)21(11)22-8-9-4-2-1-3-5-9/h1-7H,8H2. The molecule has 0 saturated heterocycles. The van der Waals surface area contributed by atoms with E-state index in [-0.39, 0.29) is 22.8 Å². The second kappa shape index (κ2) is 5.49. The maximum atomic E-state index is 13.1. The van der Waals surface area contributed by atoms with Gasteiger partial charge in [-0.05, 0) is 11.6 Å². The minimum absolute atomic E-state index is 0.0398. The lowest BCUT2D eigenvalue weighted by Crippen LogP contribution is -2.20. The summed E-state index contributed by atoms with van der Waals surface area (Å²) in [6.07, 6.45) is -3.43. The molecule has 0 saturated carbocycles. The van der Waals surface area contributed by atoms with Gasteiger partial charge >= 0.3 is 6.18 Å². The first-order valence-corrected chi connectivity index (χ1v) is 6.61. The zero-order chi connectivity index (χ0) is 15.7. The molecule has 22 heavy (non-hydrogen) atoms. The van der Waals surface area contributed by atoms with Gasteiger partial charge in [-0.1, -0.05) is 41.9 Å². The summed E-state index contributed by atoms with van der Waals surface area (Å²) >= 11 is 5.79. The summed E-state index contributed by atoms with van der Waals surface area (Å²) in [5, 5.41) is 0.200. The molecule has 0 atom stereocenters. The van der Waals surface area contributed by atoms with E-state index in [9.17, 15) is 13.2 Å². The highest BCUT2D eigenvalue weighted by molar-refractivity contribution is 6.31. The van der Waals surface area contributed by atoms with Gasteiger partial charge in [0, 0.05) is 6.20 Å². The molecule has 3 rings (SSSR count). The molecule has 8 heteroatoms. The molecule has 0 aliphatic heterocycles. The largest absolute Gasteiger partial charge is 0.453 e. The predicted molar refractivity (Wildman–Crippen MR) is 74.3 cm³/mol. The van der Waals surface area contributed by atoms with Gasteiger partial charge in [-0.15, -0.1) is 0 Å². The Kier molecular flexibility index (Phi) is 3.66. The molecule has 0 N–H and O–H groups in total. The number of hydrogen-bond donors (Lipinski definition) is 0. The van der Waals surface area contributed by atoms with Crippen LogP contribution in [-0.4, -0.2) is 14.7 Å². The number of benzene rings is 1. The summed E-state index contributed by atoms with van der Waals surface area (Å²) in [4.78, 5) is 12.6. The Bertz CT molecular complexity index is 802. The molecule has 3 aromatic rings. The third-order valence-electron chi connectivity index (χ3n) is 2.89. The van der Waals surface area contributed by atoms with Crippen molar-refractivity contribution in [1.82, 2.24) is 14.7 Å². The molecule has 0 aliphatic rings. The number of rotatable bonds is 3. The van der Waals surface area contributed by atoms with Crippen LogP contribution in [0.15, 0.2) is 42.6 Å². The van der Waals surface area contributed by atoms with Crippen molar-refractivity contribution in [2.45, 2.75) is 12.8 Å². The molecule has 4 nitrogen and oxygen atoms in total. The van der Waals surface area contributed by atoms with Crippen molar-refractivity contribution < 1.29 is 18.0 Å². The van der Waals surface area contributed by atoms with E-state index >= 15 is 0 Å². The minimum Gasteiger partial charge on any atom is -0.407 e. The zero-order valence-electron chi connectivity index (χ0n) is 11.0. The molecule has 2 heterocycles. The highest BCUT2D eigenvalue weighted by Crippen LogP contribution is 2.31. The van der Waals surface area contributed by atoms with Crippen molar-refractivity contribution in [3.63, 3.8) is 0 Å². The first kappa shape index (κ1) is 14.6. The second-order valence-electron chi connectivity index (χ2n) is 4.48. The molecule has 114 valence electrons. The number of pyridine rings is 1. The van der Waals surface area contributed by atoms with Crippen molar-refractivity contribution in [3.8, 4) is 0 Å². The van der Waals surface area contributed by atoms with Gasteiger partial charge in [0.15, 0.2) is 5.65 Å². The summed E-state index contributed by atoms with van der Waals surface area (Å²) in [7, 11) is 0. The van der Waals surface area contributed by atoms with Crippen LogP contribution < -0.4 is 4.84 Å². The molecular formula is C14H9ClF3N3O. The second-order valence-corrected chi connectivity index (χ2v) is 4.92. The van der Waals surface area contributed by atoms with Crippen molar-refractivity contribution in [3.05, 3.63) is 59.0 Å². The Morgan fingerprint density at radius 3 is 2.59 bits per heavy atom. The number of nitrogens with zero attached hydrogens (tertiary/aromatic N) is 3. The topological polar surface area (TPSA) is 39.9 Å². The lowest BCUT2D eigenvalue weighted by molar-refractivity contribution is -0.155. The highest BCUT2D eigenvalue weighted by atomic mass is 35.5. The molecule has 0 unspecified atom stereocenters. The molecule has 0 amide bonds. The van der Waals surface area contributed by atoms with Gasteiger partial charge in [-0.25, -0.2) is 9.97 Å². The van der Waals surface area contributed by atoms with E-state index < -0.39 is 12.0 Å². The van der Waals surface area contributed by atoms with Gasteiger partial charge in [0.1, 0.15) is 12.1 Å². The fourth-order valence-electron chi connectivity index (χ4n) is 1.94. The molecule has 2 aromatic heterocycles. The summed E-state index contributed by atoms with van der Waals surface area (Å²) in [6, 6.07) is 10.2. The SMILES string of the molecule is FC(F)(F)c1nc2ncc(Cl)cc2n1OCc1ccccc1. The summed E-state index contributed by atoms with van der Waals surface area (Å²) in [6.45, 7) is -0.0398. The van der Waals surface area contributed by atoms with Gasteiger partial charge < -0.3 is 4.84 Å². The van der Waals surface area contributed by atoms with Crippen molar-refractivity contribution in [2.75, 3.05) is 0 Å². The first-order valence-electron chi connectivity index (χ1n) is 6.23. The number of fused-ring (bicyclic) bond motifs is 1. The van der Waals surface area contributed by atoms with E-state index in [0.29, 0.717) is 4.73 Å². The van der Waals surface area contributed by atoms with Crippen LogP contribution >= 0.6 is 11.6 Å². The van der Waals surface area contributed by atoms with E-state index in [2.05, 4.69) is 9.97 Å². The van der Waals surface area contributed by atoms with Gasteiger partial charge in [-0.3, -0.25) is 0 Å². The minimum atomic E-state index is -4.66. The number of imidazole rings is 1. The fraction of sp³-hybridized carbons (Fsp3) is 0.143. The van der Waals surface area contributed by atoms with Gasteiger partial charge in [0.05, 0.1) is 5.02 Å². The van der Waals surface area contributed by atoms with Crippen LogP contribution in [0.4, 0.5) is 13.2 Å². The first-order chi connectivity index (χ1) is 10.4. The third kappa shape index (κ3) is 2.85. The van der Waals surface area contributed by atoms with Crippen molar-refractivity contribution >= 4 is 22.8 Å². The summed E-state index contributed by atoms with van der Waals surface area (Å²) in [5.41, 5.74) is 0.716. The van der Waals surface area contributed by atoms with Crippen molar-refractivity contribution in [2.24, 2.45) is 0 Å². The number of hydrogen-bond acceptors (Lipinski definition) is 3. The Labute approximate surface area is 128 Å². The van der Waals surface area contributed by atoms with Crippen LogP contribution in [0.3, 0.4) is 0 Å². The zero-order valence-corrected chi connectivity index (χ0v) is 11.8. The van der Waals surface area contributed by atoms with E-state index in [1.165, 1.54) is 12.3 Å². The van der Waals surface area contributed by atoms with Crippen LogP contribution in [0.2, 0.25) is 5.02 Å². The van der Waals surface area contributed by atoms with Gasteiger partial charge in [0.2, 0.25) is 0 Å². The van der Waals surface area contributed by atoms with Crippen molar-refractivity contribution in [1.29, 1.82) is 0 Å². The number of halogens is 4.